The van der Waals surface area contributed by atoms with E-state index in [-0.39, 0.29) is 17.4 Å². The van der Waals surface area contributed by atoms with Crippen LogP contribution in [0.5, 0.6) is 0 Å². The number of fused-ring (bicyclic) bond motifs is 1. The maximum Gasteiger partial charge on any atom is 0.250 e. The number of nitrogens with zero attached hydrogens (tertiary/aromatic N) is 1. The lowest BCUT2D eigenvalue weighted by molar-refractivity contribution is -0.126. The smallest absolute Gasteiger partial charge is 0.250 e. The van der Waals surface area contributed by atoms with E-state index in [9.17, 15) is 9.59 Å². The summed E-state index contributed by atoms with van der Waals surface area (Å²) < 4.78 is 0. The van der Waals surface area contributed by atoms with Gasteiger partial charge in [-0.25, -0.2) is 0 Å². The van der Waals surface area contributed by atoms with E-state index in [0.29, 0.717) is 12.2 Å². The number of benzene rings is 1. The van der Waals surface area contributed by atoms with Crippen molar-refractivity contribution in [3.8, 4) is 0 Å². The van der Waals surface area contributed by atoms with Crippen molar-refractivity contribution in [1.82, 2.24) is 5.32 Å². The Morgan fingerprint density at radius 1 is 1.11 bits per heavy atom. The Kier molecular flexibility index (Phi) is 3.71. The number of para-hydroxylation sites is 2. The van der Waals surface area contributed by atoms with Gasteiger partial charge in [0.25, 0.3) is 0 Å². The molecule has 6 rings (SSSR count). The minimum Gasteiger partial charge on any atom is -0.322 e. The van der Waals surface area contributed by atoms with E-state index < -0.39 is 5.54 Å². The standard InChI is InChI=1S/C22H29N3O2/c1-21(2)20(27)24-17-5-3-4-6-18(17)25(21)19(26)13-23-22-10-14-7-15(11-22)9-16(8-14)12-22/h3-6,14-16,23H,7-13H2,1-2H3,(H,24,27). The highest BCUT2D eigenvalue weighted by Gasteiger charge is 2.51. The van der Waals surface area contributed by atoms with Crippen LogP contribution >= 0.6 is 0 Å². The first-order chi connectivity index (χ1) is 12.9. The third kappa shape index (κ3) is 2.70. The molecule has 1 heterocycles. The molecule has 1 aromatic rings. The molecule has 5 nitrogen and oxygen atoms in total. The summed E-state index contributed by atoms with van der Waals surface area (Å²) in [6.45, 7) is 3.94. The van der Waals surface area contributed by atoms with Gasteiger partial charge in [-0.3, -0.25) is 14.5 Å². The van der Waals surface area contributed by atoms with Crippen molar-refractivity contribution in [2.75, 3.05) is 16.8 Å². The monoisotopic (exact) mass is 367 g/mol. The average molecular weight is 367 g/mol. The summed E-state index contributed by atoms with van der Waals surface area (Å²) in [6, 6.07) is 7.57. The minimum absolute atomic E-state index is 0.0157. The Balaban J connectivity index is 1.37. The van der Waals surface area contributed by atoms with Crippen LogP contribution in [-0.4, -0.2) is 29.4 Å². The van der Waals surface area contributed by atoms with Crippen LogP contribution in [0.4, 0.5) is 11.4 Å². The minimum atomic E-state index is -0.894. The van der Waals surface area contributed by atoms with Crippen LogP contribution < -0.4 is 15.5 Å². The van der Waals surface area contributed by atoms with E-state index in [1.54, 1.807) is 4.90 Å². The van der Waals surface area contributed by atoms with Crippen molar-refractivity contribution >= 4 is 23.2 Å². The van der Waals surface area contributed by atoms with Crippen LogP contribution in [0.2, 0.25) is 0 Å². The number of amides is 2. The molecule has 144 valence electrons. The predicted molar refractivity (Wildman–Crippen MR) is 106 cm³/mol. The fourth-order valence-corrected chi connectivity index (χ4v) is 6.57. The predicted octanol–water partition coefficient (Wildman–Crippen LogP) is 3.31. The summed E-state index contributed by atoms with van der Waals surface area (Å²) in [4.78, 5) is 27.6. The number of nitrogens with one attached hydrogen (secondary N) is 2. The van der Waals surface area contributed by atoms with Gasteiger partial charge in [0, 0.05) is 5.54 Å². The Labute approximate surface area is 160 Å². The fraction of sp³-hybridized carbons (Fsp3) is 0.636. The van der Waals surface area contributed by atoms with Gasteiger partial charge < -0.3 is 10.6 Å². The molecule has 4 bridgehead atoms. The number of rotatable bonds is 3. The zero-order valence-electron chi connectivity index (χ0n) is 16.3. The van der Waals surface area contributed by atoms with Gasteiger partial charge in [-0.05, 0) is 82.3 Å². The van der Waals surface area contributed by atoms with Crippen molar-refractivity contribution in [2.45, 2.75) is 63.5 Å². The average Bonchev–Trinajstić information content (AvgIpc) is 2.59. The Morgan fingerprint density at radius 3 is 2.33 bits per heavy atom. The van der Waals surface area contributed by atoms with Gasteiger partial charge in [0.15, 0.2) is 0 Å². The second-order valence-corrected chi connectivity index (χ2v) is 9.81. The number of carbonyl (C=O) groups is 2. The molecule has 1 aromatic carbocycles. The number of hydrogen-bond donors (Lipinski definition) is 2. The lowest BCUT2D eigenvalue weighted by Crippen LogP contribution is -2.63. The molecule has 4 saturated carbocycles. The topological polar surface area (TPSA) is 61.4 Å². The molecule has 4 fully saturated rings. The molecular formula is C22H29N3O2. The molecule has 5 heteroatoms. The molecular weight excluding hydrogens is 338 g/mol. The maximum atomic E-state index is 13.3. The third-order valence-corrected chi connectivity index (χ3v) is 7.41. The van der Waals surface area contributed by atoms with Crippen LogP contribution in [0.25, 0.3) is 0 Å². The molecule has 0 radical (unpaired) electrons. The third-order valence-electron chi connectivity index (χ3n) is 7.41. The first-order valence-electron chi connectivity index (χ1n) is 10.3. The zero-order valence-corrected chi connectivity index (χ0v) is 16.3. The molecule has 0 atom stereocenters. The van der Waals surface area contributed by atoms with E-state index in [1.165, 1.54) is 38.5 Å². The summed E-state index contributed by atoms with van der Waals surface area (Å²) in [6.07, 6.45) is 7.82. The van der Waals surface area contributed by atoms with Gasteiger partial charge in [0.1, 0.15) is 5.54 Å². The normalized spacial score (nSPS) is 35.7. The lowest BCUT2D eigenvalue weighted by Gasteiger charge is -2.57. The molecule has 4 aliphatic carbocycles. The molecule has 5 aliphatic rings. The number of anilines is 2. The Bertz CT molecular complexity index is 765. The fourth-order valence-electron chi connectivity index (χ4n) is 6.57. The first-order valence-corrected chi connectivity index (χ1v) is 10.3. The summed E-state index contributed by atoms with van der Waals surface area (Å²) in [5, 5.41) is 6.62. The van der Waals surface area contributed by atoms with E-state index >= 15 is 0 Å². The van der Waals surface area contributed by atoms with Crippen LogP contribution in [0.3, 0.4) is 0 Å². The highest BCUT2D eigenvalue weighted by Crippen LogP contribution is 2.55. The zero-order chi connectivity index (χ0) is 18.8. The van der Waals surface area contributed by atoms with Gasteiger partial charge in [-0.2, -0.15) is 0 Å². The first kappa shape index (κ1) is 17.2. The van der Waals surface area contributed by atoms with Crippen molar-refractivity contribution < 1.29 is 9.59 Å². The van der Waals surface area contributed by atoms with E-state index in [2.05, 4.69) is 10.6 Å². The molecule has 2 N–H and O–H groups in total. The highest BCUT2D eigenvalue weighted by atomic mass is 16.2. The quantitative estimate of drug-likeness (QED) is 0.862. The molecule has 0 aromatic heterocycles. The van der Waals surface area contributed by atoms with Crippen molar-refractivity contribution in [3.05, 3.63) is 24.3 Å². The van der Waals surface area contributed by atoms with E-state index in [1.807, 2.05) is 38.1 Å². The second kappa shape index (κ2) is 5.81. The van der Waals surface area contributed by atoms with E-state index in [0.717, 1.165) is 23.4 Å². The van der Waals surface area contributed by atoms with Crippen molar-refractivity contribution in [2.24, 2.45) is 17.8 Å². The van der Waals surface area contributed by atoms with Gasteiger partial charge >= 0.3 is 0 Å². The molecule has 0 unspecified atom stereocenters. The number of hydrogen-bond acceptors (Lipinski definition) is 3. The molecule has 0 saturated heterocycles. The maximum absolute atomic E-state index is 13.3. The van der Waals surface area contributed by atoms with E-state index in [4.69, 9.17) is 0 Å². The summed E-state index contributed by atoms with van der Waals surface area (Å²) in [5.74, 6) is 2.38. The van der Waals surface area contributed by atoms with Gasteiger partial charge in [-0.1, -0.05) is 12.1 Å². The number of carbonyl (C=O) groups excluding carboxylic acids is 2. The lowest BCUT2D eigenvalue weighted by atomic mass is 9.53. The van der Waals surface area contributed by atoms with Crippen LogP contribution in [0.15, 0.2) is 24.3 Å². The van der Waals surface area contributed by atoms with Crippen LogP contribution in [0, 0.1) is 17.8 Å². The molecule has 27 heavy (non-hydrogen) atoms. The summed E-state index contributed by atoms with van der Waals surface area (Å²) in [5.41, 5.74) is 0.755. The molecule has 0 spiro atoms. The Morgan fingerprint density at radius 2 is 1.70 bits per heavy atom. The highest BCUT2D eigenvalue weighted by molar-refractivity contribution is 6.14. The summed E-state index contributed by atoms with van der Waals surface area (Å²) in [7, 11) is 0. The SMILES string of the molecule is CC1(C)C(=O)Nc2ccccc2N1C(=O)CNC12CC3CC(CC(C3)C1)C2. The van der Waals surface area contributed by atoms with Gasteiger partial charge in [0.2, 0.25) is 11.8 Å². The Hall–Kier alpha value is -1.88. The van der Waals surface area contributed by atoms with Crippen molar-refractivity contribution in [3.63, 3.8) is 0 Å². The van der Waals surface area contributed by atoms with Crippen LogP contribution in [-0.2, 0) is 9.59 Å². The van der Waals surface area contributed by atoms with Gasteiger partial charge in [0.05, 0.1) is 17.9 Å². The van der Waals surface area contributed by atoms with Gasteiger partial charge in [-0.15, -0.1) is 0 Å². The largest absolute Gasteiger partial charge is 0.322 e. The van der Waals surface area contributed by atoms with Crippen LogP contribution in [0.1, 0.15) is 52.4 Å². The molecule has 2 amide bonds. The summed E-state index contributed by atoms with van der Waals surface area (Å²) >= 11 is 0. The second-order valence-electron chi connectivity index (χ2n) is 9.81. The molecule has 1 aliphatic heterocycles. The van der Waals surface area contributed by atoms with Crippen molar-refractivity contribution in [1.29, 1.82) is 0 Å².